The fourth-order valence-corrected chi connectivity index (χ4v) is 4.77. The second-order valence-electron chi connectivity index (χ2n) is 5.90. The molecule has 1 saturated heterocycles. The maximum absolute atomic E-state index is 11.2. The Balaban J connectivity index is 1.73. The molecule has 0 atom stereocenters. The van der Waals surface area contributed by atoms with Crippen molar-refractivity contribution in [2.24, 2.45) is 23.7 Å². The SMILES string of the molecule is O=C1OCC2(O1)C1CC3CC(C1)CC2C3. The van der Waals surface area contributed by atoms with E-state index >= 15 is 0 Å². The molecule has 3 heteroatoms. The van der Waals surface area contributed by atoms with E-state index in [0.29, 0.717) is 18.4 Å². The van der Waals surface area contributed by atoms with Crippen LogP contribution in [0.25, 0.3) is 0 Å². The summed E-state index contributed by atoms with van der Waals surface area (Å²) in [7, 11) is 0. The standard InChI is InChI=1S/C12H16O3/c13-11-14-6-12(15-11)9-2-7-1-8(4-9)5-10(12)3-7/h7-10H,1-6H2. The van der Waals surface area contributed by atoms with E-state index in [9.17, 15) is 4.79 Å². The third-order valence-electron chi connectivity index (χ3n) is 5.21. The van der Waals surface area contributed by atoms with Crippen LogP contribution < -0.4 is 0 Å². The van der Waals surface area contributed by atoms with E-state index in [0.717, 1.165) is 11.8 Å². The van der Waals surface area contributed by atoms with Crippen molar-refractivity contribution >= 4 is 6.16 Å². The fraction of sp³-hybridized carbons (Fsp3) is 0.917. The first-order chi connectivity index (χ1) is 7.26. The topological polar surface area (TPSA) is 35.5 Å². The molecule has 1 spiro atoms. The van der Waals surface area contributed by atoms with Crippen molar-refractivity contribution in [3.8, 4) is 0 Å². The molecule has 4 bridgehead atoms. The number of hydrogen-bond acceptors (Lipinski definition) is 3. The van der Waals surface area contributed by atoms with E-state index in [4.69, 9.17) is 9.47 Å². The van der Waals surface area contributed by atoms with Gasteiger partial charge in [0.15, 0.2) is 5.60 Å². The van der Waals surface area contributed by atoms with E-state index in [1.54, 1.807) is 0 Å². The summed E-state index contributed by atoms with van der Waals surface area (Å²) in [6.45, 7) is 0.528. The maximum atomic E-state index is 11.2. The number of hydrogen-bond donors (Lipinski definition) is 0. The van der Waals surface area contributed by atoms with Gasteiger partial charge < -0.3 is 9.47 Å². The zero-order valence-electron chi connectivity index (χ0n) is 8.78. The lowest BCUT2D eigenvalue weighted by molar-refractivity contribution is -0.153. The largest absolute Gasteiger partial charge is 0.509 e. The summed E-state index contributed by atoms with van der Waals surface area (Å²) >= 11 is 0. The zero-order valence-corrected chi connectivity index (χ0v) is 8.78. The molecule has 5 aliphatic rings. The summed E-state index contributed by atoms with van der Waals surface area (Å²) in [6.07, 6.45) is 6.07. The molecule has 4 saturated carbocycles. The minimum atomic E-state index is -0.428. The second-order valence-corrected chi connectivity index (χ2v) is 5.90. The van der Waals surface area contributed by atoms with Gasteiger partial charge in [-0.05, 0) is 43.9 Å². The molecule has 0 radical (unpaired) electrons. The monoisotopic (exact) mass is 208 g/mol. The molecule has 0 aromatic heterocycles. The molecule has 0 aromatic carbocycles. The molecule has 3 nitrogen and oxygen atoms in total. The van der Waals surface area contributed by atoms with Crippen molar-refractivity contribution in [1.29, 1.82) is 0 Å². The highest BCUT2D eigenvalue weighted by Crippen LogP contribution is 2.60. The summed E-state index contributed by atoms with van der Waals surface area (Å²) in [5.41, 5.74) is -0.204. The molecule has 4 aliphatic carbocycles. The quantitative estimate of drug-likeness (QED) is 0.573. The van der Waals surface area contributed by atoms with Crippen molar-refractivity contribution in [3.05, 3.63) is 0 Å². The molecule has 0 amide bonds. The van der Waals surface area contributed by atoms with Crippen LogP contribution in [0.1, 0.15) is 32.1 Å². The van der Waals surface area contributed by atoms with E-state index in [1.165, 1.54) is 32.1 Å². The zero-order chi connectivity index (χ0) is 10.0. The highest BCUT2D eigenvalue weighted by molar-refractivity contribution is 5.63. The summed E-state index contributed by atoms with van der Waals surface area (Å²) in [4.78, 5) is 11.2. The molecule has 0 unspecified atom stereocenters. The van der Waals surface area contributed by atoms with E-state index in [1.807, 2.05) is 0 Å². The van der Waals surface area contributed by atoms with E-state index < -0.39 is 6.16 Å². The summed E-state index contributed by atoms with van der Waals surface area (Å²) < 4.78 is 10.6. The van der Waals surface area contributed by atoms with Crippen LogP contribution in [-0.2, 0) is 9.47 Å². The fourth-order valence-electron chi connectivity index (χ4n) is 4.77. The van der Waals surface area contributed by atoms with Crippen LogP contribution >= 0.6 is 0 Å². The van der Waals surface area contributed by atoms with Gasteiger partial charge in [0.25, 0.3) is 0 Å². The van der Waals surface area contributed by atoms with Crippen molar-refractivity contribution in [2.75, 3.05) is 6.61 Å². The Bertz CT molecular complexity index is 295. The highest BCUT2D eigenvalue weighted by atomic mass is 16.8. The number of carbonyl (C=O) groups is 1. The summed E-state index contributed by atoms with van der Waals surface area (Å²) in [5, 5.41) is 0. The lowest BCUT2D eigenvalue weighted by atomic mass is 9.50. The molecule has 5 fully saturated rings. The Morgan fingerprint density at radius 1 is 1.00 bits per heavy atom. The van der Waals surface area contributed by atoms with Gasteiger partial charge in [-0.3, -0.25) is 0 Å². The molecule has 82 valence electrons. The number of rotatable bonds is 0. The van der Waals surface area contributed by atoms with Gasteiger partial charge >= 0.3 is 6.16 Å². The van der Waals surface area contributed by atoms with Gasteiger partial charge in [-0.15, -0.1) is 0 Å². The van der Waals surface area contributed by atoms with Gasteiger partial charge in [-0.1, -0.05) is 0 Å². The number of ether oxygens (including phenoxy) is 2. The number of cyclic esters (lactones) is 1. The summed E-state index contributed by atoms with van der Waals surface area (Å²) in [5.74, 6) is 3.02. The predicted molar refractivity (Wildman–Crippen MR) is 52.2 cm³/mol. The minimum absolute atomic E-state index is 0.204. The Labute approximate surface area is 89.1 Å². The van der Waals surface area contributed by atoms with Gasteiger partial charge in [-0.25, -0.2) is 4.79 Å². The third kappa shape index (κ3) is 0.943. The smallest absolute Gasteiger partial charge is 0.430 e. The van der Waals surface area contributed by atoms with Gasteiger partial charge in [0.05, 0.1) is 0 Å². The molecule has 5 rings (SSSR count). The third-order valence-corrected chi connectivity index (χ3v) is 5.21. The first kappa shape index (κ1) is 8.43. The highest BCUT2D eigenvalue weighted by Gasteiger charge is 2.62. The first-order valence-corrected chi connectivity index (χ1v) is 6.12. The van der Waals surface area contributed by atoms with Crippen LogP contribution in [0.5, 0.6) is 0 Å². The average Bonchev–Trinajstić information content (AvgIpc) is 2.57. The molecule has 0 N–H and O–H groups in total. The Morgan fingerprint density at radius 2 is 1.60 bits per heavy atom. The predicted octanol–water partition coefficient (Wildman–Crippen LogP) is 2.35. The van der Waals surface area contributed by atoms with Crippen LogP contribution in [-0.4, -0.2) is 18.4 Å². The van der Waals surface area contributed by atoms with Gasteiger partial charge in [-0.2, -0.15) is 0 Å². The first-order valence-electron chi connectivity index (χ1n) is 6.12. The van der Waals surface area contributed by atoms with Crippen LogP contribution in [0.3, 0.4) is 0 Å². The van der Waals surface area contributed by atoms with Crippen molar-refractivity contribution in [1.82, 2.24) is 0 Å². The lowest BCUT2D eigenvalue weighted by Gasteiger charge is -2.57. The minimum Gasteiger partial charge on any atom is -0.430 e. The molecule has 1 heterocycles. The van der Waals surface area contributed by atoms with Crippen LogP contribution in [0.2, 0.25) is 0 Å². The maximum Gasteiger partial charge on any atom is 0.509 e. The van der Waals surface area contributed by atoms with Crippen LogP contribution in [0, 0.1) is 23.7 Å². The molecule has 0 aromatic rings. The molecule has 1 aliphatic heterocycles. The van der Waals surface area contributed by atoms with E-state index in [2.05, 4.69) is 0 Å². The molecule has 15 heavy (non-hydrogen) atoms. The van der Waals surface area contributed by atoms with Gasteiger partial charge in [0.1, 0.15) is 6.61 Å². The Morgan fingerprint density at radius 3 is 2.07 bits per heavy atom. The molecular formula is C12H16O3. The van der Waals surface area contributed by atoms with Gasteiger partial charge in [0, 0.05) is 11.8 Å². The number of carbonyl (C=O) groups excluding carboxylic acids is 1. The van der Waals surface area contributed by atoms with Crippen molar-refractivity contribution in [2.45, 2.75) is 37.7 Å². The van der Waals surface area contributed by atoms with Gasteiger partial charge in [0.2, 0.25) is 0 Å². The molecular weight excluding hydrogens is 192 g/mol. The van der Waals surface area contributed by atoms with E-state index in [-0.39, 0.29) is 5.60 Å². The Kier molecular flexibility index (Phi) is 1.40. The van der Waals surface area contributed by atoms with Crippen LogP contribution in [0.15, 0.2) is 0 Å². The van der Waals surface area contributed by atoms with Crippen molar-refractivity contribution in [3.63, 3.8) is 0 Å². The average molecular weight is 208 g/mol. The second kappa shape index (κ2) is 2.50. The normalized spacial score (nSPS) is 55.9. The van der Waals surface area contributed by atoms with Crippen LogP contribution in [0.4, 0.5) is 4.79 Å². The Hall–Kier alpha value is -0.730. The summed E-state index contributed by atoms with van der Waals surface area (Å²) in [6, 6.07) is 0. The van der Waals surface area contributed by atoms with Crippen molar-refractivity contribution < 1.29 is 14.3 Å². The lowest BCUT2D eigenvalue weighted by Crippen LogP contribution is -2.59.